The summed E-state index contributed by atoms with van der Waals surface area (Å²) in [5, 5.41) is 0. The first kappa shape index (κ1) is 11.3. The second-order valence-electron chi connectivity index (χ2n) is 3.68. The van der Waals surface area contributed by atoms with Crippen LogP contribution in [0.3, 0.4) is 0 Å². The van der Waals surface area contributed by atoms with E-state index in [0.717, 1.165) is 17.7 Å². The van der Waals surface area contributed by atoms with Crippen LogP contribution in [0.5, 0.6) is 0 Å². The molecule has 1 amide bonds. The summed E-state index contributed by atoms with van der Waals surface area (Å²) >= 11 is 0. The smallest absolute Gasteiger partial charge is 0.344 e. The summed E-state index contributed by atoms with van der Waals surface area (Å²) in [7, 11) is 1.35. The van der Waals surface area contributed by atoms with Gasteiger partial charge in [-0.2, -0.15) is 13.2 Å². The predicted octanol–water partition coefficient (Wildman–Crippen LogP) is 0.744. The van der Waals surface area contributed by atoms with Crippen LogP contribution < -0.4 is 5.73 Å². The molecule has 0 bridgehead atoms. The van der Waals surface area contributed by atoms with Gasteiger partial charge >= 0.3 is 6.18 Å². The Morgan fingerprint density at radius 1 is 1.57 bits per heavy atom. The van der Waals surface area contributed by atoms with E-state index in [4.69, 9.17) is 5.73 Å². The summed E-state index contributed by atoms with van der Waals surface area (Å²) in [5.74, 6) is -0.686. The summed E-state index contributed by atoms with van der Waals surface area (Å²) in [6.45, 7) is 0.378. The molecule has 1 aliphatic carbocycles. The van der Waals surface area contributed by atoms with Crippen molar-refractivity contribution < 1.29 is 18.0 Å². The highest BCUT2D eigenvalue weighted by molar-refractivity contribution is 5.82. The normalized spacial score (nSPS) is 19.2. The van der Waals surface area contributed by atoms with Crippen LogP contribution in [-0.2, 0) is 4.79 Å². The molecule has 6 heteroatoms. The highest BCUT2D eigenvalue weighted by atomic mass is 19.4. The summed E-state index contributed by atoms with van der Waals surface area (Å²) < 4.78 is 36.1. The highest BCUT2D eigenvalue weighted by Gasteiger charge is 2.43. The van der Waals surface area contributed by atoms with Crippen molar-refractivity contribution in [3.8, 4) is 0 Å². The van der Waals surface area contributed by atoms with Crippen LogP contribution in [0, 0.1) is 5.92 Å². The molecule has 0 aromatic rings. The Morgan fingerprint density at radius 3 is 2.43 bits per heavy atom. The monoisotopic (exact) mass is 210 g/mol. The molecule has 1 saturated carbocycles. The van der Waals surface area contributed by atoms with Crippen LogP contribution in [0.25, 0.3) is 0 Å². The maximum absolute atomic E-state index is 12.0. The lowest BCUT2D eigenvalue weighted by atomic mass is 10.2. The molecule has 1 atom stereocenters. The van der Waals surface area contributed by atoms with Crippen molar-refractivity contribution in [2.75, 3.05) is 13.6 Å². The van der Waals surface area contributed by atoms with Crippen molar-refractivity contribution in [1.82, 2.24) is 4.90 Å². The van der Waals surface area contributed by atoms with Gasteiger partial charge in [0.05, 0.1) is 0 Å². The maximum Gasteiger partial charge on any atom is 0.412 e. The average Bonchev–Trinajstić information content (AvgIpc) is 2.83. The molecule has 82 valence electrons. The number of halogens is 3. The van der Waals surface area contributed by atoms with Gasteiger partial charge in [0.1, 0.15) is 0 Å². The van der Waals surface area contributed by atoms with Gasteiger partial charge in [-0.15, -0.1) is 0 Å². The quantitative estimate of drug-likeness (QED) is 0.747. The Morgan fingerprint density at radius 2 is 2.07 bits per heavy atom. The zero-order chi connectivity index (χ0) is 10.9. The molecule has 2 N–H and O–H groups in total. The number of rotatable bonds is 3. The van der Waals surface area contributed by atoms with E-state index in [1.807, 2.05) is 0 Å². The van der Waals surface area contributed by atoms with Crippen LogP contribution in [0.2, 0.25) is 0 Å². The van der Waals surface area contributed by atoms with Crippen molar-refractivity contribution in [3.05, 3.63) is 0 Å². The molecule has 1 unspecified atom stereocenters. The molecule has 3 nitrogen and oxygen atoms in total. The first-order valence-corrected chi connectivity index (χ1v) is 4.39. The Balaban J connectivity index is 2.45. The highest BCUT2D eigenvalue weighted by Crippen LogP contribution is 2.30. The third-order valence-corrected chi connectivity index (χ3v) is 2.22. The SMILES string of the molecule is CN(CC1CC1)C(=O)C(N)C(F)(F)F. The number of carbonyl (C=O) groups excluding carboxylic acids is 1. The minimum atomic E-state index is -4.64. The third-order valence-electron chi connectivity index (χ3n) is 2.22. The summed E-state index contributed by atoms with van der Waals surface area (Å²) in [6, 6.07) is -2.38. The zero-order valence-electron chi connectivity index (χ0n) is 7.84. The van der Waals surface area contributed by atoms with E-state index >= 15 is 0 Å². The lowest BCUT2D eigenvalue weighted by Gasteiger charge is -2.22. The molecule has 0 spiro atoms. The number of hydrogen-bond donors (Lipinski definition) is 1. The second kappa shape index (κ2) is 3.76. The second-order valence-corrected chi connectivity index (χ2v) is 3.68. The molecule has 0 aliphatic heterocycles. The van der Waals surface area contributed by atoms with Gasteiger partial charge in [0.2, 0.25) is 5.91 Å². The van der Waals surface area contributed by atoms with Crippen molar-refractivity contribution in [1.29, 1.82) is 0 Å². The van der Waals surface area contributed by atoms with Gasteiger partial charge in [-0.3, -0.25) is 4.79 Å². The summed E-state index contributed by atoms with van der Waals surface area (Å²) in [4.78, 5) is 12.2. The number of hydrogen-bond acceptors (Lipinski definition) is 2. The van der Waals surface area contributed by atoms with E-state index in [2.05, 4.69) is 0 Å². The van der Waals surface area contributed by atoms with Crippen molar-refractivity contribution >= 4 is 5.91 Å². The van der Waals surface area contributed by atoms with Crippen LogP contribution in [0.15, 0.2) is 0 Å². The summed E-state index contributed by atoms with van der Waals surface area (Å²) in [5.41, 5.74) is 4.78. The van der Waals surface area contributed by atoms with Gasteiger partial charge in [0.15, 0.2) is 6.04 Å². The lowest BCUT2D eigenvalue weighted by Crippen LogP contribution is -2.51. The average molecular weight is 210 g/mol. The molecule has 0 radical (unpaired) electrons. The number of amides is 1. The minimum Gasteiger partial charge on any atom is -0.344 e. The van der Waals surface area contributed by atoms with Crippen LogP contribution in [0.1, 0.15) is 12.8 Å². The molecule has 1 fully saturated rings. The van der Waals surface area contributed by atoms with Crippen LogP contribution in [-0.4, -0.2) is 36.6 Å². The van der Waals surface area contributed by atoms with E-state index in [-0.39, 0.29) is 0 Å². The lowest BCUT2D eigenvalue weighted by molar-refractivity contribution is -0.169. The standard InChI is InChI=1S/C8H13F3N2O/c1-13(4-5-2-3-5)7(14)6(12)8(9,10)11/h5-6H,2-4,12H2,1H3. The zero-order valence-corrected chi connectivity index (χ0v) is 7.84. The number of alkyl halides is 3. The maximum atomic E-state index is 12.0. The molecular weight excluding hydrogens is 197 g/mol. The molecule has 0 aromatic carbocycles. The van der Waals surface area contributed by atoms with Crippen molar-refractivity contribution in [3.63, 3.8) is 0 Å². The number of nitrogens with zero attached hydrogens (tertiary/aromatic N) is 1. The van der Waals surface area contributed by atoms with Gasteiger partial charge in [-0.05, 0) is 18.8 Å². The topological polar surface area (TPSA) is 46.3 Å². The Hall–Kier alpha value is -0.780. The molecular formula is C8H13F3N2O. The number of carbonyl (C=O) groups is 1. The molecule has 1 aliphatic rings. The fourth-order valence-corrected chi connectivity index (χ4v) is 1.16. The fraction of sp³-hybridized carbons (Fsp3) is 0.875. The van der Waals surface area contributed by atoms with Gasteiger partial charge in [-0.25, -0.2) is 0 Å². The molecule has 0 aromatic heterocycles. The number of nitrogens with two attached hydrogens (primary N) is 1. The van der Waals surface area contributed by atoms with E-state index in [1.165, 1.54) is 7.05 Å². The fourth-order valence-electron chi connectivity index (χ4n) is 1.16. The molecule has 1 rings (SSSR count). The van der Waals surface area contributed by atoms with E-state index < -0.39 is 18.1 Å². The molecule has 0 heterocycles. The Labute approximate surface area is 80.0 Å². The first-order valence-electron chi connectivity index (χ1n) is 4.39. The minimum absolute atomic E-state index is 0.365. The van der Waals surface area contributed by atoms with Gasteiger partial charge in [0, 0.05) is 13.6 Å². The van der Waals surface area contributed by atoms with Crippen LogP contribution >= 0.6 is 0 Å². The Bertz CT molecular complexity index is 225. The van der Waals surface area contributed by atoms with Crippen molar-refractivity contribution in [2.24, 2.45) is 11.7 Å². The van der Waals surface area contributed by atoms with E-state index in [1.54, 1.807) is 0 Å². The predicted molar refractivity (Wildman–Crippen MR) is 44.4 cm³/mol. The van der Waals surface area contributed by atoms with E-state index in [0.29, 0.717) is 12.5 Å². The Kier molecular flexibility index (Phi) is 3.04. The van der Waals surface area contributed by atoms with Gasteiger partial charge in [0.25, 0.3) is 0 Å². The van der Waals surface area contributed by atoms with Gasteiger partial charge in [-0.1, -0.05) is 0 Å². The van der Waals surface area contributed by atoms with Gasteiger partial charge < -0.3 is 10.6 Å². The third kappa shape index (κ3) is 2.87. The molecule has 0 saturated heterocycles. The molecule has 14 heavy (non-hydrogen) atoms. The summed E-state index contributed by atoms with van der Waals surface area (Å²) in [6.07, 6.45) is -2.67. The first-order chi connectivity index (χ1) is 6.32. The van der Waals surface area contributed by atoms with Crippen LogP contribution in [0.4, 0.5) is 13.2 Å². The van der Waals surface area contributed by atoms with E-state index in [9.17, 15) is 18.0 Å². The van der Waals surface area contributed by atoms with Crippen molar-refractivity contribution in [2.45, 2.75) is 25.1 Å². The number of likely N-dealkylation sites (N-methyl/N-ethyl adjacent to an activating group) is 1. The largest absolute Gasteiger partial charge is 0.412 e.